The Labute approximate surface area is 122 Å². The minimum Gasteiger partial charge on any atom is -0.492 e. The Morgan fingerprint density at radius 3 is 2.83 bits per heavy atom. The highest BCUT2D eigenvalue weighted by Gasteiger charge is 2.28. The van der Waals surface area contributed by atoms with Crippen LogP contribution < -0.4 is 10.1 Å². The Balaban J connectivity index is 1.60. The second-order valence-corrected chi connectivity index (χ2v) is 7.48. The first-order chi connectivity index (χ1) is 8.68. The summed E-state index contributed by atoms with van der Waals surface area (Å²) in [5.41, 5.74) is 0. The van der Waals surface area contributed by atoms with E-state index in [1.165, 1.54) is 18.6 Å². The number of hydrogen-bond donors (Lipinski definition) is 1. The van der Waals surface area contributed by atoms with Crippen LogP contribution in [0.3, 0.4) is 0 Å². The molecule has 18 heavy (non-hydrogen) atoms. The van der Waals surface area contributed by atoms with Crippen molar-refractivity contribution >= 4 is 27.7 Å². The van der Waals surface area contributed by atoms with Crippen molar-refractivity contribution in [3.63, 3.8) is 0 Å². The van der Waals surface area contributed by atoms with Crippen LogP contribution in [-0.2, 0) is 0 Å². The molecular weight excluding hydrogens is 310 g/mol. The van der Waals surface area contributed by atoms with E-state index in [0.717, 1.165) is 29.9 Å². The first-order valence-corrected chi connectivity index (χ1v) is 8.19. The summed E-state index contributed by atoms with van der Waals surface area (Å²) in [5, 5.41) is 3.49. The number of ether oxygens (including phenoxy) is 1. The van der Waals surface area contributed by atoms with Gasteiger partial charge in [0.15, 0.2) is 0 Å². The second kappa shape index (κ2) is 6.83. The van der Waals surface area contributed by atoms with Crippen LogP contribution in [0.15, 0.2) is 28.7 Å². The molecule has 1 heterocycles. The third kappa shape index (κ3) is 4.48. The molecule has 2 rings (SSSR count). The van der Waals surface area contributed by atoms with Crippen LogP contribution in [0.2, 0.25) is 0 Å². The zero-order chi connectivity index (χ0) is 12.8. The van der Waals surface area contributed by atoms with Crippen LogP contribution >= 0.6 is 27.7 Å². The standard InChI is InChI=1S/C14H20BrNOS/c1-14(7-2-10-18-14)11-16-8-9-17-13-5-3-12(15)4-6-13/h3-6,16H,2,7-11H2,1H3. The van der Waals surface area contributed by atoms with Crippen molar-refractivity contribution in [2.45, 2.75) is 24.5 Å². The topological polar surface area (TPSA) is 21.3 Å². The molecular formula is C14H20BrNOS. The molecule has 0 radical (unpaired) electrons. The maximum Gasteiger partial charge on any atom is 0.119 e. The van der Waals surface area contributed by atoms with E-state index in [2.05, 4.69) is 39.9 Å². The van der Waals surface area contributed by atoms with Gasteiger partial charge in [-0.05, 0) is 49.8 Å². The Morgan fingerprint density at radius 2 is 2.17 bits per heavy atom. The van der Waals surface area contributed by atoms with Gasteiger partial charge in [-0.3, -0.25) is 0 Å². The zero-order valence-corrected chi connectivity index (χ0v) is 13.1. The van der Waals surface area contributed by atoms with Gasteiger partial charge in [0.25, 0.3) is 0 Å². The van der Waals surface area contributed by atoms with E-state index in [9.17, 15) is 0 Å². The maximum atomic E-state index is 5.67. The highest BCUT2D eigenvalue weighted by atomic mass is 79.9. The number of rotatable bonds is 6. The SMILES string of the molecule is CC1(CNCCOc2ccc(Br)cc2)CCCS1. The van der Waals surface area contributed by atoms with E-state index in [0.29, 0.717) is 4.75 Å². The molecule has 1 unspecified atom stereocenters. The molecule has 0 aromatic heterocycles. The molecule has 1 aliphatic rings. The lowest BCUT2D eigenvalue weighted by atomic mass is 10.1. The Bertz CT molecular complexity index is 363. The third-order valence-corrected chi connectivity index (χ3v) is 5.23. The summed E-state index contributed by atoms with van der Waals surface area (Å²) >= 11 is 5.50. The lowest BCUT2D eigenvalue weighted by Gasteiger charge is -2.22. The van der Waals surface area contributed by atoms with E-state index >= 15 is 0 Å². The fraction of sp³-hybridized carbons (Fsp3) is 0.571. The van der Waals surface area contributed by atoms with Crippen molar-refractivity contribution in [2.75, 3.05) is 25.4 Å². The minimum absolute atomic E-state index is 0.442. The van der Waals surface area contributed by atoms with E-state index < -0.39 is 0 Å². The van der Waals surface area contributed by atoms with Crippen LogP contribution in [0.25, 0.3) is 0 Å². The number of nitrogens with one attached hydrogen (secondary N) is 1. The lowest BCUT2D eigenvalue weighted by Crippen LogP contribution is -2.35. The molecule has 0 bridgehead atoms. The molecule has 0 spiro atoms. The smallest absolute Gasteiger partial charge is 0.119 e. The lowest BCUT2D eigenvalue weighted by molar-refractivity contribution is 0.311. The number of halogens is 1. The summed E-state index contributed by atoms with van der Waals surface area (Å²) in [4.78, 5) is 0. The van der Waals surface area contributed by atoms with Crippen molar-refractivity contribution in [3.8, 4) is 5.75 Å². The van der Waals surface area contributed by atoms with Crippen molar-refractivity contribution in [1.82, 2.24) is 5.32 Å². The largest absolute Gasteiger partial charge is 0.492 e. The van der Waals surface area contributed by atoms with Crippen LogP contribution in [0.1, 0.15) is 19.8 Å². The monoisotopic (exact) mass is 329 g/mol. The summed E-state index contributed by atoms with van der Waals surface area (Å²) in [7, 11) is 0. The van der Waals surface area contributed by atoms with Gasteiger partial charge < -0.3 is 10.1 Å². The highest BCUT2D eigenvalue weighted by Crippen LogP contribution is 2.36. The summed E-state index contributed by atoms with van der Waals surface area (Å²) in [6.45, 7) is 5.07. The van der Waals surface area contributed by atoms with Gasteiger partial charge in [-0.1, -0.05) is 15.9 Å². The van der Waals surface area contributed by atoms with Gasteiger partial charge in [-0.15, -0.1) is 0 Å². The summed E-state index contributed by atoms with van der Waals surface area (Å²) in [6.07, 6.45) is 2.69. The van der Waals surface area contributed by atoms with Crippen molar-refractivity contribution in [1.29, 1.82) is 0 Å². The van der Waals surface area contributed by atoms with Gasteiger partial charge in [0.1, 0.15) is 12.4 Å². The van der Waals surface area contributed by atoms with Crippen LogP contribution in [0.5, 0.6) is 5.75 Å². The van der Waals surface area contributed by atoms with Gasteiger partial charge in [0.2, 0.25) is 0 Å². The van der Waals surface area contributed by atoms with Crippen molar-refractivity contribution in [2.24, 2.45) is 0 Å². The highest BCUT2D eigenvalue weighted by molar-refractivity contribution is 9.10. The fourth-order valence-corrected chi connectivity index (χ4v) is 3.64. The molecule has 1 saturated heterocycles. The van der Waals surface area contributed by atoms with Crippen LogP contribution in [0.4, 0.5) is 0 Å². The van der Waals surface area contributed by atoms with Gasteiger partial charge in [-0.2, -0.15) is 11.8 Å². The molecule has 4 heteroatoms. The number of hydrogen-bond acceptors (Lipinski definition) is 3. The Kier molecular flexibility index (Phi) is 5.39. The first-order valence-electron chi connectivity index (χ1n) is 6.41. The molecule has 0 saturated carbocycles. The minimum atomic E-state index is 0.442. The molecule has 100 valence electrons. The molecule has 1 atom stereocenters. The molecule has 1 aliphatic heterocycles. The van der Waals surface area contributed by atoms with Crippen molar-refractivity contribution in [3.05, 3.63) is 28.7 Å². The predicted octanol–water partition coefficient (Wildman–Crippen LogP) is 3.70. The predicted molar refractivity (Wildman–Crippen MR) is 82.6 cm³/mol. The fourth-order valence-electron chi connectivity index (χ4n) is 2.10. The van der Waals surface area contributed by atoms with Crippen molar-refractivity contribution < 1.29 is 4.74 Å². The van der Waals surface area contributed by atoms with E-state index in [1.54, 1.807) is 0 Å². The molecule has 0 amide bonds. The van der Waals surface area contributed by atoms with Crippen LogP contribution in [0, 0.1) is 0 Å². The zero-order valence-electron chi connectivity index (χ0n) is 10.7. The molecule has 1 aromatic carbocycles. The summed E-state index contributed by atoms with van der Waals surface area (Å²) < 4.78 is 7.19. The summed E-state index contributed by atoms with van der Waals surface area (Å²) in [6, 6.07) is 7.97. The first kappa shape index (κ1) is 14.2. The molecule has 1 aromatic rings. The van der Waals surface area contributed by atoms with E-state index in [4.69, 9.17) is 4.74 Å². The van der Waals surface area contributed by atoms with Gasteiger partial charge >= 0.3 is 0 Å². The second-order valence-electron chi connectivity index (χ2n) is 4.88. The van der Waals surface area contributed by atoms with Crippen LogP contribution in [-0.4, -0.2) is 30.2 Å². The quantitative estimate of drug-likeness (QED) is 0.804. The molecule has 1 N–H and O–H groups in total. The maximum absolute atomic E-state index is 5.67. The molecule has 2 nitrogen and oxygen atoms in total. The van der Waals surface area contributed by atoms with E-state index in [1.807, 2.05) is 24.3 Å². The van der Waals surface area contributed by atoms with Gasteiger partial charge in [0.05, 0.1) is 0 Å². The Hall–Kier alpha value is -0.190. The Morgan fingerprint density at radius 1 is 1.39 bits per heavy atom. The molecule has 0 aliphatic carbocycles. The molecule has 1 fully saturated rings. The normalized spacial score (nSPS) is 23.2. The average molecular weight is 330 g/mol. The summed E-state index contributed by atoms with van der Waals surface area (Å²) in [5.74, 6) is 2.24. The third-order valence-electron chi connectivity index (χ3n) is 3.16. The van der Waals surface area contributed by atoms with E-state index in [-0.39, 0.29) is 0 Å². The van der Waals surface area contributed by atoms with Gasteiger partial charge in [0, 0.05) is 22.3 Å². The average Bonchev–Trinajstić information content (AvgIpc) is 2.78. The van der Waals surface area contributed by atoms with Gasteiger partial charge in [-0.25, -0.2) is 0 Å². The number of benzene rings is 1. The number of thioether (sulfide) groups is 1.